The van der Waals surface area contributed by atoms with E-state index in [-0.39, 0.29) is 5.91 Å². The zero-order valence-corrected chi connectivity index (χ0v) is 26.0. The summed E-state index contributed by atoms with van der Waals surface area (Å²) in [5.41, 5.74) is 7.31. The summed E-state index contributed by atoms with van der Waals surface area (Å²) in [4.78, 5) is 17.3. The Balaban J connectivity index is 1.18. The van der Waals surface area contributed by atoms with Gasteiger partial charge in [-0.1, -0.05) is 47.5 Å². The molecule has 1 heterocycles. The molecule has 0 radical (unpaired) electrons. The van der Waals surface area contributed by atoms with Gasteiger partial charge in [-0.25, -0.2) is 10.4 Å². The second-order valence-corrected chi connectivity index (χ2v) is 11.5. The summed E-state index contributed by atoms with van der Waals surface area (Å²) in [7, 11) is 1.56. The van der Waals surface area contributed by atoms with Crippen molar-refractivity contribution in [3.05, 3.63) is 122 Å². The van der Waals surface area contributed by atoms with Crippen molar-refractivity contribution in [3.63, 3.8) is 0 Å². The lowest BCUT2D eigenvalue weighted by atomic mass is 10.1. The third-order valence-electron chi connectivity index (χ3n) is 5.97. The number of anilines is 2. The molecule has 7 nitrogen and oxygen atoms in total. The van der Waals surface area contributed by atoms with Gasteiger partial charge in [0.25, 0.3) is 5.91 Å². The molecule has 0 spiro atoms. The third kappa shape index (κ3) is 7.68. The van der Waals surface area contributed by atoms with Crippen molar-refractivity contribution in [2.45, 2.75) is 6.61 Å². The molecule has 1 amide bonds. The van der Waals surface area contributed by atoms with Crippen LogP contribution < -0.4 is 20.2 Å². The van der Waals surface area contributed by atoms with Crippen LogP contribution in [-0.4, -0.2) is 24.2 Å². The van der Waals surface area contributed by atoms with Crippen LogP contribution in [0.15, 0.2) is 99.9 Å². The number of amides is 1. The van der Waals surface area contributed by atoms with Gasteiger partial charge in [-0.2, -0.15) is 5.10 Å². The summed E-state index contributed by atoms with van der Waals surface area (Å²) >= 11 is 16.9. The van der Waals surface area contributed by atoms with Gasteiger partial charge in [0.15, 0.2) is 16.6 Å². The molecular formula is C31H23BrCl2N4O3S. The molecular weight excluding hydrogens is 659 g/mol. The van der Waals surface area contributed by atoms with Gasteiger partial charge in [0.1, 0.15) is 6.61 Å². The van der Waals surface area contributed by atoms with Gasteiger partial charge in [-0.15, -0.1) is 11.3 Å². The average Bonchev–Trinajstić information content (AvgIpc) is 3.47. The molecule has 1 aromatic heterocycles. The highest BCUT2D eigenvalue weighted by molar-refractivity contribution is 9.10. The van der Waals surface area contributed by atoms with Crippen LogP contribution in [-0.2, 0) is 6.61 Å². The Hall–Kier alpha value is -3.89. The van der Waals surface area contributed by atoms with Crippen LogP contribution >= 0.6 is 50.5 Å². The Morgan fingerprint density at radius 3 is 2.38 bits per heavy atom. The maximum atomic E-state index is 12.7. The van der Waals surface area contributed by atoms with E-state index in [4.69, 9.17) is 32.7 Å². The monoisotopic (exact) mass is 680 g/mol. The number of hydrogen-bond donors (Lipinski definition) is 2. The molecule has 0 aliphatic carbocycles. The summed E-state index contributed by atoms with van der Waals surface area (Å²) in [6.45, 7) is 0.346. The Bertz CT molecular complexity index is 1710. The lowest BCUT2D eigenvalue weighted by Crippen LogP contribution is -2.17. The lowest BCUT2D eigenvalue weighted by Gasteiger charge is -2.13. The Morgan fingerprint density at radius 2 is 1.69 bits per heavy atom. The van der Waals surface area contributed by atoms with Gasteiger partial charge in [-0.3, -0.25) is 4.79 Å². The molecule has 0 unspecified atom stereocenters. The van der Waals surface area contributed by atoms with Gasteiger partial charge in [0, 0.05) is 32.2 Å². The molecule has 2 N–H and O–H groups in total. The Labute approximate surface area is 265 Å². The lowest BCUT2D eigenvalue weighted by molar-refractivity contribution is 0.0955. The molecule has 5 aromatic rings. The van der Waals surface area contributed by atoms with E-state index < -0.39 is 0 Å². The van der Waals surface area contributed by atoms with Crippen LogP contribution in [0.4, 0.5) is 10.8 Å². The van der Waals surface area contributed by atoms with Crippen molar-refractivity contribution in [1.29, 1.82) is 0 Å². The number of methoxy groups -OCH3 is 1. The van der Waals surface area contributed by atoms with Crippen LogP contribution in [0.3, 0.4) is 0 Å². The van der Waals surface area contributed by atoms with Crippen molar-refractivity contribution >= 4 is 73.4 Å². The van der Waals surface area contributed by atoms with Gasteiger partial charge in [0.2, 0.25) is 0 Å². The first-order valence-electron chi connectivity index (χ1n) is 12.5. The van der Waals surface area contributed by atoms with E-state index in [1.807, 2.05) is 72.1 Å². The van der Waals surface area contributed by atoms with E-state index in [1.165, 1.54) is 17.6 Å². The summed E-state index contributed by atoms with van der Waals surface area (Å²) in [5, 5.41) is 11.4. The standard InChI is InChI=1S/C31H23BrCl2N4O3S/c1-40-28-15-20(14-26(32)29(28)41-17-19-2-8-23(33)9-3-19)16-35-38-30(39)22-6-4-21(5-7-22)27-18-42-31(37-27)36-25-12-10-24(34)11-13-25/h2-16,18H,17H2,1H3,(H,36,37)(H,38,39)/b35-16-. The Morgan fingerprint density at radius 1 is 1.00 bits per heavy atom. The zero-order chi connectivity index (χ0) is 29.5. The number of halogens is 3. The highest BCUT2D eigenvalue weighted by Crippen LogP contribution is 2.37. The van der Waals surface area contributed by atoms with E-state index in [2.05, 4.69) is 36.8 Å². The van der Waals surface area contributed by atoms with E-state index >= 15 is 0 Å². The van der Waals surface area contributed by atoms with Gasteiger partial charge >= 0.3 is 0 Å². The predicted molar refractivity (Wildman–Crippen MR) is 174 cm³/mol. The summed E-state index contributed by atoms with van der Waals surface area (Å²) in [6, 6.07) is 25.6. The first-order valence-corrected chi connectivity index (χ1v) is 15.0. The quantitative estimate of drug-likeness (QED) is 0.114. The van der Waals surface area contributed by atoms with Crippen molar-refractivity contribution in [2.24, 2.45) is 5.10 Å². The number of benzene rings is 4. The van der Waals surface area contributed by atoms with Gasteiger partial charge < -0.3 is 14.8 Å². The van der Waals surface area contributed by atoms with Crippen LogP contribution in [0.1, 0.15) is 21.5 Å². The number of hydrogen-bond acceptors (Lipinski definition) is 7. The number of rotatable bonds is 10. The number of carbonyl (C=O) groups is 1. The topological polar surface area (TPSA) is 84.8 Å². The summed E-state index contributed by atoms with van der Waals surface area (Å²) in [6.07, 6.45) is 1.53. The fraction of sp³-hybridized carbons (Fsp3) is 0.0645. The number of ether oxygens (including phenoxy) is 2. The number of nitrogens with one attached hydrogen (secondary N) is 2. The fourth-order valence-corrected chi connectivity index (χ4v) is 5.40. The molecule has 0 bridgehead atoms. The van der Waals surface area contributed by atoms with Crippen LogP contribution in [0.2, 0.25) is 10.0 Å². The van der Waals surface area contributed by atoms with Gasteiger partial charge in [-0.05, 0) is 87.7 Å². The molecule has 0 saturated heterocycles. The number of nitrogens with zero attached hydrogens (tertiary/aromatic N) is 2. The molecule has 42 heavy (non-hydrogen) atoms. The minimum Gasteiger partial charge on any atom is -0.493 e. The van der Waals surface area contributed by atoms with Gasteiger partial charge in [0.05, 0.1) is 23.5 Å². The summed E-state index contributed by atoms with van der Waals surface area (Å²) in [5.74, 6) is 0.743. The van der Waals surface area contributed by atoms with Crippen LogP contribution in [0.5, 0.6) is 11.5 Å². The third-order valence-corrected chi connectivity index (χ3v) is 7.82. The molecule has 5 rings (SSSR count). The van der Waals surface area contributed by atoms with Crippen LogP contribution in [0, 0.1) is 0 Å². The van der Waals surface area contributed by atoms with E-state index in [0.29, 0.717) is 43.8 Å². The van der Waals surface area contributed by atoms with Crippen molar-refractivity contribution in [1.82, 2.24) is 10.4 Å². The molecule has 11 heteroatoms. The zero-order valence-electron chi connectivity index (χ0n) is 22.1. The first-order chi connectivity index (χ1) is 20.4. The number of carbonyl (C=O) groups excluding carboxylic acids is 1. The first kappa shape index (κ1) is 29.6. The highest BCUT2D eigenvalue weighted by atomic mass is 79.9. The van der Waals surface area contributed by atoms with Crippen molar-refractivity contribution < 1.29 is 14.3 Å². The molecule has 0 atom stereocenters. The average molecular weight is 682 g/mol. The second kappa shape index (κ2) is 13.8. The van der Waals surface area contributed by atoms with Crippen molar-refractivity contribution in [2.75, 3.05) is 12.4 Å². The minimum atomic E-state index is -0.338. The maximum Gasteiger partial charge on any atom is 0.271 e. The molecule has 0 saturated carbocycles. The fourth-order valence-electron chi connectivity index (χ4n) is 3.83. The largest absolute Gasteiger partial charge is 0.493 e. The Kier molecular flexibility index (Phi) is 9.76. The molecule has 0 fully saturated rings. The molecule has 0 aliphatic rings. The minimum absolute atomic E-state index is 0.338. The maximum absolute atomic E-state index is 12.7. The number of thiazole rings is 1. The molecule has 212 valence electrons. The SMILES string of the molecule is COc1cc(/C=N\NC(=O)c2ccc(-c3csc(Nc4ccc(Cl)cc4)n3)cc2)cc(Br)c1OCc1ccc(Cl)cc1. The number of aromatic nitrogens is 1. The normalized spacial score (nSPS) is 11.0. The smallest absolute Gasteiger partial charge is 0.271 e. The highest BCUT2D eigenvalue weighted by Gasteiger charge is 2.12. The van der Waals surface area contributed by atoms with Crippen molar-refractivity contribution in [3.8, 4) is 22.8 Å². The second-order valence-electron chi connectivity index (χ2n) is 8.90. The number of hydrazone groups is 1. The van der Waals surface area contributed by atoms with Crippen LogP contribution in [0.25, 0.3) is 11.3 Å². The van der Waals surface area contributed by atoms with E-state index in [1.54, 1.807) is 25.3 Å². The van der Waals surface area contributed by atoms with E-state index in [9.17, 15) is 4.79 Å². The summed E-state index contributed by atoms with van der Waals surface area (Å²) < 4.78 is 12.2. The molecule has 0 aliphatic heterocycles. The molecule has 4 aromatic carbocycles. The van der Waals surface area contributed by atoms with E-state index in [0.717, 1.165) is 27.6 Å². The predicted octanol–water partition coefficient (Wildman–Crippen LogP) is 8.97.